The van der Waals surface area contributed by atoms with Crippen molar-refractivity contribution in [1.29, 1.82) is 0 Å². The van der Waals surface area contributed by atoms with Crippen molar-refractivity contribution in [1.82, 2.24) is 0 Å². The average molecular weight is 406 g/mol. The van der Waals surface area contributed by atoms with Crippen molar-refractivity contribution in [3.8, 4) is 5.75 Å². The van der Waals surface area contributed by atoms with Crippen LogP contribution in [0, 0.1) is 0 Å². The fourth-order valence-corrected chi connectivity index (χ4v) is 3.28. The van der Waals surface area contributed by atoms with Gasteiger partial charge in [0.15, 0.2) is 6.61 Å². The van der Waals surface area contributed by atoms with Gasteiger partial charge in [-0.1, -0.05) is 58.4 Å². The largest absolute Gasteiger partial charge is 0.484 e. The molecule has 0 bridgehead atoms. The Kier molecular flexibility index (Phi) is 4.59. The molecule has 26 heavy (non-hydrogen) atoms. The van der Waals surface area contributed by atoms with E-state index in [1.807, 2.05) is 78.9 Å². The topological polar surface area (TPSA) is 38.3 Å². The van der Waals surface area contributed by atoms with Gasteiger partial charge in [0.05, 0.1) is 0 Å². The predicted octanol–water partition coefficient (Wildman–Crippen LogP) is 5.77. The van der Waals surface area contributed by atoms with Gasteiger partial charge in [-0.25, -0.2) is 0 Å². The summed E-state index contributed by atoms with van der Waals surface area (Å²) < 4.78 is 6.68. The number of benzene rings is 4. The normalized spacial score (nSPS) is 10.8. The Morgan fingerprint density at radius 3 is 2.38 bits per heavy atom. The summed E-state index contributed by atoms with van der Waals surface area (Å²) >= 11 is 3.46. The van der Waals surface area contributed by atoms with Gasteiger partial charge in [0.25, 0.3) is 5.91 Å². The molecule has 3 nitrogen and oxygen atoms in total. The van der Waals surface area contributed by atoms with Crippen LogP contribution in [-0.4, -0.2) is 12.5 Å². The zero-order valence-corrected chi connectivity index (χ0v) is 15.5. The molecule has 0 saturated carbocycles. The van der Waals surface area contributed by atoms with Crippen molar-refractivity contribution in [2.75, 3.05) is 11.9 Å². The van der Waals surface area contributed by atoms with Crippen LogP contribution in [0.25, 0.3) is 21.5 Å². The molecule has 0 radical (unpaired) electrons. The van der Waals surface area contributed by atoms with Crippen molar-refractivity contribution in [3.63, 3.8) is 0 Å². The van der Waals surface area contributed by atoms with Crippen molar-refractivity contribution < 1.29 is 9.53 Å². The van der Waals surface area contributed by atoms with Crippen LogP contribution in [0.2, 0.25) is 0 Å². The van der Waals surface area contributed by atoms with E-state index in [0.29, 0.717) is 5.75 Å². The number of rotatable bonds is 4. The molecule has 4 aromatic rings. The van der Waals surface area contributed by atoms with E-state index < -0.39 is 0 Å². The van der Waals surface area contributed by atoms with E-state index >= 15 is 0 Å². The molecule has 4 heteroatoms. The Bertz CT molecular complexity index is 1110. The summed E-state index contributed by atoms with van der Waals surface area (Å²) in [4.78, 5) is 12.2. The molecule has 1 amide bonds. The number of carbonyl (C=O) groups excluding carboxylic acids is 1. The molecule has 1 N–H and O–H groups in total. The van der Waals surface area contributed by atoms with E-state index in [1.165, 1.54) is 0 Å². The fourth-order valence-electron chi connectivity index (χ4n) is 2.90. The number of ether oxygens (including phenoxy) is 1. The smallest absolute Gasteiger partial charge is 0.262 e. The molecule has 0 unspecified atom stereocenters. The first-order valence-corrected chi connectivity index (χ1v) is 9.07. The van der Waals surface area contributed by atoms with Crippen molar-refractivity contribution in [2.45, 2.75) is 0 Å². The quantitative estimate of drug-likeness (QED) is 0.467. The van der Waals surface area contributed by atoms with Gasteiger partial charge in [-0.05, 0) is 57.9 Å². The summed E-state index contributed by atoms with van der Waals surface area (Å²) in [6, 6.07) is 25.7. The minimum Gasteiger partial charge on any atom is -0.484 e. The second kappa shape index (κ2) is 7.18. The lowest BCUT2D eigenvalue weighted by Gasteiger charge is -2.09. The van der Waals surface area contributed by atoms with Crippen LogP contribution in [0.1, 0.15) is 0 Å². The monoisotopic (exact) mass is 405 g/mol. The lowest BCUT2D eigenvalue weighted by molar-refractivity contribution is -0.118. The Morgan fingerprint density at radius 1 is 0.808 bits per heavy atom. The van der Waals surface area contributed by atoms with Gasteiger partial charge in [-0.3, -0.25) is 4.79 Å². The van der Waals surface area contributed by atoms with Crippen LogP contribution in [0.15, 0.2) is 83.3 Å². The van der Waals surface area contributed by atoms with Gasteiger partial charge >= 0.3 is 0 Å². The minimum atomic E-state index is -0.184. The fraction of sp³-hybridized carbons (Fsp3) is 0.0455. The summed E-state index contributed by atoms with van der Waals surface area (Å²) in [5, 5.41) is 7.30. The van der Waals surface area contributed by atoms with E-state index in [4.69, 9.17) is 4.74 Å². The molecule has 0 fully saturated rings. The van der Waals surface area contributed by atoms with Gasteiger partial charge < -0.3 is 10.1 Å². The lowest BCUT2D eigenvalue weighted by Crippen LogP contribution is -2.20. The molecule has 0 atom stereocenters. The molecular formula is C22H16BrNO2. The van der Waals surface area contributed by atoms with E-state index in [-0.39, 0.29) is 12.5 Å². The van der Waals surface area contributed by atoms with Crippen LogP contribution in [0.5, 0.6) is 5.75 Å². The number of anilines is 1. The van der Waals surface area contributed by atoms with Crippen LogP contribution in [0.3, 0.4) is 0 Å². The van der Waals surface area contributed by atoms with Gasteiger partial charge in [0.1, 0.15) is 5.75 Å². The van der Waals surface area contributed by atoms with E-state index in [9.17, 15) is 4.79 Å². The number of amides is 1. The highest BCUT2D eigenvalue weighted by molar-refractivity contribution is 9.10. The van der Waals surface area contributed by atoms with Crippen LogP contribution < -0.4 is 10.1 Å². The number of nitrogens with one attached hydrogen (secondary N) is 1. The Morgan fingerprint density at radius 2 is 1.50 bits per heavy atom. The Balaban J connectivity index is 1.42. The van der Waals surface area contributed by atoms with Gasteiger partial charge in [-0.15, -0.1) is 0 Å². The minimum absolute atomic E-state index is 0.0329. The third-order valence-electron chi connectivity index (χ3n) is 4.18. The molecule has 0 spiro atoms. The number of halogens is 1. The van der Waals surface area contributed by atoms with E-state index in [2.05, 4.69) is 21.2 Å². The molecule has 0 aromatic heterocycles. The second-order valence-electron chi connectivity index (χ2n) is 6.05. The third kappa shape index (κ3) is 3.70. The van der Waals surface area contributed by atoms with E-state index in [0.717, 1.165) is 31.7 Å². The maximum Gasteiger partial charge on any atom is 0.262 e. The maximum absolute atomic E-state index is 12.2. The first kappa shape index (κ1) is 16.6. The second-order valence-corrected chi connectivity index (χ2v) is 6.97. The molecule has 0 aliphatic rings. The number of fused-ring (bicyclic) bond motifs is 2. The van der Waals surface area contributed by atoms with Gasteiger partial charge in [0.2, 0.25) is 0 Å². The highest BCUT2D eigenvalue weighted by Crippen LogP contribution is 2.24. The van der Waals surface area contributed by atoms with Gasteiger partial charge in [0, 0.05) is 10.2 Å². The number of hydrogen-bond donors (Lipinski definition) is 1. The Labute approximate surface area is 159 Å². The molecule has 128 valence electrons. The van der Waals surface area contributed by atoms with Crippen molar-refractivity contribution >= 4 is 49.1 Å². The molecule has 4 aromatic carbocycles. The van der Waals surface area contributed by atoms with Crippen molar-refractivity contribution in [3.05, 3.63) is 83.3 Å². The Hall–Kier alpha value is -2.85. The maximum atomic E-state index is 12.2. The molecule has 0 saturated heterocycles. The summed E-state index contributed by atoms with van der Waals surface area (Å²) in [6.45, 7) is -0.0329. The standard InChI is InChI=1S/C22H16BrNO2/c23-19-8-5-18-13-21(10-7-17(18)11-19)26-14-22(25)24-20-9-6-15-3-1-2-4-16(15)12-20/h1-13H,14H2,(H,24,25). The van der Waals surface area contributed by atoms with Crippen LogP contribution >= 0.6 is 15.9 Å². The summed E-state index contributed by atoms with van der Waals surface area (Å²) in [5.41, 5.74) is 0.765. The summed E-state index contributed by atoms with van der Waals surface area (Å²) in [5.74, 6) is 0.490. The average Bonchev–Trinajstić information content (AvgIpc) is 2.66. The zero-order chi connectivity index (χ0) is 17.9. The van der Waals surface area contributed by atoms with Gasteiger partial charge in [-0.2, -0.15) is 0 Å². The zero-order valence-electron chi connectivity index (χ0n) is 13.9. The van der Waals surface area contributed by atoms with Crippen LogP contribution in [-0.2, 0) is 4.79 Å². The first-order valence-electron chi connectivity index (χ1n) is 8.28. The molecule has 0 heterocycles. The third-order valence-corrected chi connectivity index (χ3v) is 4.67. The SMILES string of the molecule is O=C(COc1ccc2cc(Br)ccc2c1)Nc1ccc2ccccc2c1. The van der Waals surface area contributed by atoms with Crippen LogP contribution in [0.4, 0.5) is 5.69 Å². The number of carbonyl (C=O) groups is 1. The predicted molar refractivity (Wildman–Crippen MR) is 110 cm³/mol. The highest BCUT2D eigenvalue weighted by Gasteiger charge is 2.05. The molecule has 0 aliphatic heterocycles. The molecule has 4 rings (SSSR count). The summed E-state index contributed by atoms with van der Waals surface area (Å²) in [6.07, 6.45) is 0. The van der Waals surface area contributed by atoms with E-state index in [1.54, 1.807) is 0 Å². The summed E-state index contributed by atoms with van der Waals surface area (Å²) in [7, 11) is 0. The molecular weight excluding hydrogens is 390 g/mol. The number of hydrogen-bond acceptors (Lipinski definition) is 2. The lowest BCUT2D eigenvalue weighted by atomic mass is 10.1. The molecule has 0 aliphatic carbocycles. The first-order chi connectivity index (χ1) is 12.7. The van der Waals surface area contributed by atoms with Crippen molar-refractivity contribution in [2.24, 2.45) is 0 Å². The highest BCUT2D eigenvalue weighted by atomic mass is 79.9.